The van der Waals surface area contributed by atoms with Gasteiger partial charge >= 0.3 is 0 Å². The van der Waals surface area contributed by atoms with Gasteiger partial charge < -0.3 is 9.47 Å². The van der Waals surface area contributed by atoms with Gasteiger partial charge in [-0.05, 0) is 36.8 Å². The summed E-state index contributed by atoms with van der Waals surface area (Å²) in [7, 11) is 1.32. The molecule has 0 saturated carbocycles. The van der Waals surface area contributed by atoms with Crippen molar-refractivity contribution >= 4 is 17.6 Å². The molecular weight excluding hydrogens is 353 g/mol. The molecule has 0 aliphatic carbocycles. The van der Waals surface area contributed by atoms with Crippen LogP contribution in [0.1, 0.15) is 34.1 Å². The molecule has 2 amide bonds. The van der Waals surface area contributed by atoms with E-state index in [1.807, 2.05) is 0 Å². The Labute approximate surface area is 155 Å². The molecule has 2 aromatic rings. The van der Waals surface area contributed by atoms with Gasteiger partial charge in [0.25, 0.3) is 11.8 Å². The Bertz CT molecular complexity index is 911. The highest BCUT2D eigenvalue weighted by molar-refractivity contribution is 6.12. The lowest BCUT2D eigenvalue weighted by Gasteiger charge is -2.21. The number of rotatable bonds is 5. The summed E-state index contributed by atoms with van der Waals surface area (Å²) in [6, 6.07) is 10.2. The molecule has 0 saturated heterocycles. The molecule has 0 spiro atoms. The van der Waals surface area contributed by atoms with Crippen molar-refractivity contribution < 1.29 is 28.2 Å². The monoisotopic (exact) mass is 371 g/mol. The van der Waals surface area contributed by atoms with Crippen molar-refractivity contribution in [2.24, 2.45) is 0 Å². The molecule has 6 nitrogen and oxygen atoms in total. The Morgan fingerprint density at radius 2 is 1.96 bits per heavy atom. The molecule has 27 heavy (non-hydrogen) atoms. The van der Waals surface area contributed by atoms with E-state index in [9.17, 15) is 18.8 Å². The normalized spacial score (nSPS) is 16.4. The number of benzene rings is 2. The largest absolute Gasteiger partial charge is 0.494 e. The fraction of sp³-hybridized carbons (Fsp3) is 0.250. The third-order valence-electron chi connectivity index (χ3n) is 4.32. The first-order valence-electron chi connectivity index (χ1n) is 8.44. The van der Waals surface area contributed by atoms with Crippen molar-refractivity contribution in [3.63, 3.8) is 0 Å². The first kappa shape index (κ1) is 18.6. The summed E-state index contributed by atoms with van der Waals surface area (Å²) in [6.45, 7) is 1.25. The highest BCUT2D eigenvalue weighted by atomic mass is 19.1. The second-order valence-corrected chi connectivity index (χ2v) is 6.01. The molecular formula is C20H18FNO5. The number of methoxy groups -OCH3 is 1. The molecule has 1 atom stereocenters. The van der Waals surface area contributed by atoms with Crippen molar-refractivity contribution in [1.29, 1.82) is 0 Å². The van der Waals surface area contributed by atoms with Crippen LogP contribution in [0, 0.1) is 5.82 Å². The standard InChI is InChI=1S/C20H18FNO5/c1-3-16-20(25)22(19(24)13-6-4-5-7-17(13)27-16)11-15(23)12-8-9-18(26-2)14(21)10-12/h4-10,16H,3,11H2,1-2H3/t16-/m0/s1. The summed E-state index contributed by atoms with van der Waals surface area (Å²) < 4.78 is 24.4. The Morgan fingerprint density at radius 3 is 2.63 bits per heavy atom. The molecule has 0 fully saturated rings. The molecule has 0 radical (unpaired) electrons. The summed E-state index contributed by atoms with van der Waals surface area (Å²) in [5, 5.41) is 0. The lowest BCUT2D eigenvalue weighted by atomic mass is 10.1. The fourth-order valence-corrected chi connectivity index (χ4v) is 2.85. The average molecular weight is 371 g/mol. The first-order chi connectivity index (χ1) is 13.0. The van der Waals surface area contributed by atoms with E-state index in [1.165, 1.54) is 25.3 Å². The second-order valence-electron chi connectivity index (χ2n) is 6.01. The lowest BCUT2D eigenvalue weighted by molar-refractivity contribution is -0.135. The van der Waals surface area contributed by atoms with Gasteiger partial charge in [0.1, 0.15) is 5.75 Å². The first-order valence-corrected chi connectivity index (χ1v) is 8.44. The van der Waals surface area contributed by atoms with Gasteiger partial charge in [0.05, 0.1) is 19.2 Å². The third-order valence-corrected chi connectivity index (χ3v) is 4.32. The number of nitrogens with zero attached hydrogens (tertiary/aromatic N) is 1. The van der Waals surface area contributed by atoms with Gasteiger partial charge in [-0.2, -0.15) is 0 Å². The van der Waals surface area contributed by atoms with Crippen molar-refractivity contribution in [3.05, 3.63) is 59.4 Å². The predicted octanol–water partition coefficient (Wildman–Crippen LogP) is 2.86. The molecule has 1 aliphatic rings. The van der Waals surface area contributed by atoms with E-state index in [0.29, 0.717) is 12.2 Å². The van der Waals surface area contributed by atoms with Crippen LogP contribution in [0.15, 0.2) is 42.5 Å². The maximum absolute atomic E-state index is 13.9. The number of ether oxygens (including phenoxy) is 2. The number of Topliss-reactive ketones (excluding diaryl/α,β-unsaturated/α-hetero) is 1. The highest BCUT2D eigenvalue weighted by Crippen LogP contribution is 2.27. The summed E-state index contributed by atoms with van der Waals surface area (Å²) in [6.07, 6.45) is -0.541. The number of imide groups is 1. The number of carbonyl (C=O) groups excluding carboxylic acids is 3. The average Bonchev–Trinajstić information content (AvgIpc) is 2.78. The van der Waals surface area contributed by atoms with Gasteiger partial charge in [0, 0.05) is 5.56 Å². The van der Waals surface area contributed by atoms with Gasteiger partial charge in [-0.3, -0.25) is 19.3 Å². The van der Waals surface area contributed by atoms with Gasteiger partial charge in [-0.25, -0.2) is 4.39 Å². The molecule has 1 aliphatic heterocycles. The quantitative estimate of drug-likeness (QED) is 0.597. The smallest absolute Gasteiger partial charge is 0.270 e. The van der Waals surface area contributed by atoms with Crippen LogP contribution in [0.5, 0.6) is 11.5 Å². The van der Waals surface area contributed by atoms with Crippen molar-refractivity contribution in [3.8, 4) is 11.5 Å². The summed E-state index contributed by atoms with van der Waals surface area (Å²) in [4.78, 5) is 39.0. The zero-order chi connectivity index (χ0) is 19.6. The number of fused-ring (bicyclic) bond motifs is 1. The Balaban J connectivity index is 1.92. The van der Waals surface area contributed by atoms with Crippen LogP contribution in [-0.2, 0) is 4.79 Å². The Morgan fingerprint density at radius 1 is 1.22 bits per heavy atom. The molecule has 0 unspecified atom stereocenters. The number of carbonyl (C=O) groups is 3. The molecule has 3 rings (SSSR count). The van der Waals surface area contributed by atoms with Crippen LogP contribution < -0.4 is 9.47 Å². The third kappa shape index (κ3) is 3.53. The number of halogens is 1. The minimum Gasteiger partial charge on any atom is -0.494 e. The maximum Gasteiger partial charge on any atom is 0.270 e. The second kappa shape index (κ2) is 7.57. The predicted molar refractivity (Wildman–Crippen MR) is 94.5 cm³/mol. The van der Waals surface area contributed by atoms with Gasteiger partial charge in [-0.1, -0.05) is 19.1 Å². The van der Waals surface area contributed by atoms with Crippen LogP contribution in [0.3, 0.4) is 0 Å². The van der Waals surface area contributed by atoms with E-state index in [1.54, 1.807) is 25.1 Å². The summed E-state index contributed by atoms with van der Waals surface area (Å²) >= 11 is 0. The summed E-state index contributed by atoms with van der Waals surface area (Å²) in [5.41, 5.74) is 0.246. The van der Waals surface area contributed by atoms with Crippen LogP contribution in [0.2, 0.25) is 0 Å². The molecule has 2 aromatic carbocycles. The molecule has 0 N–H and O–H groups in total. The van der Waals surface area contributed by atoms with Crippen LogP contribution in [0.4, 0.5) is 4.39 Å². The fourth-order valence-electron chi connectivity index (χ4n) is 2.85. The highest BCUT2D eigenvalue weighted by Gasteiger charge is 2.36. The molecule has 0 aromatic heterocycles. The number of para-hydroxylation sites is 1. The minimum absolute atomic E-state index is 0.00171. The van der Waals surface area contributed by atoms with E-state index in [4.69, 9.17) is 9.47 Å². The van der Waals surface area contributed by atoms with Crippen molar-refractivity contribution in [2.75, 3.05) is 13.7 Å². The van der Waals surface area contributed by atoms with E-state index in [0.717, 1.165) is 11.0 Å². The van der Waals surface area contributed by atoms with Crippen LogP contribution in [-0.4, -0.2) is 42.3 Å². The minimum atomic E-state index is -0.877. The Hall–Kier alpha value is -3.22. The van der Waals surface area contributed by atoms with E-state index >= 15 is 0 Å². The molecule has 1 heterocycles. The van der Waals surface area contributed by atoms with Crippen LogP contribution >= 0.6 is 0 Å². The van der Waals surface area contributed by atoms with Gasteiger partial charge in [0.15, 0.2) is 23.5 Å². The van der Waals surface area contributed by atoms with E-state index in [2.05, 4.69) is 0 Å². The summed E-state index contributed by atoms with van der Waals surface area (Å²) in [5.74, 6) is -2.17. The van der Waals surface area contributed by atoms with Gasteiger partial charge in [0.2, 0.25) is 0 Å². The number of hydrogen-bond donors (Lipinski definition) is 0. The lowest BCUT2D eigenvalue weighted by Crippen LogP contribution is -2.45. The zero-order valence-corrected chi connectivity index (χ0v) is 14.9. The Kier molecular flexibility index (Phi) is 5.21. The molecule has 0 bridgehead atoms. The number of amides is 2. The van der Waals surface area contributed by atoms with Gasteiger partial charge in [-0.15, -0.1) is 0 Å². The zero-order valence-electron chi connectivity index (χ0n) is 14.9. The van der Waals surface area contributed by atoms with E-state index in [-0.39, 0.29) is 16.9 Å². The number of hydrogen-bond acceptors (Lipinski definition) is 5. The van der Waals surface area contributed by atoms with Crippen molar-refractivity contribution in [2.45, 2.75) is 19.4 Å². The maximum atomic E-state index is 13.9. The van der Waals surface area contributed by atoms with Crippen molar-refractivity contribution in [1.82, 2.24) is 4.90 Å². The molecule has 140 valence electrons. The van der Waals surface area contributed by atoms with Crippen LogP contribution in [0.25, 0.3) is 0 Å². The number of ketones is 1. The SMILES string of the molecule is CC[C@@H]1Oc2ccccc2C(=O)N(CC(=O)c2ccc(OC)c(F)c2)C1=O. The molecule has 7 heteroatoms. The topological polar surface area (TPSA) is 72.9 Å². The van der Waals surface area contributed by atoms with E-state index < -0.39 is 36.1 Å².